The van der Waals surface area contributed by atoms with E-state index in [0.717, 1.165) is 6.61 Å². The Hall–Kier alpha value is 1.50. The fourth-order valence-electron chi connectivity index (χ4n) is 0. The standard InChI is InChI=1S/C2H5BrO.C2H5.2Al/c1-2-4-3;1-2;;/h2H2,1H3;1H2,2H3;;. The van der Waals surface area contributed by atoms with Crippen LogP contribution in [0.1, 0.15) is 13.8 Å². The van der Waals surface area contributed by atoms with Crippen LogP contribution in [0.4, 0.5) is 0 Å². The molecule has 0 aromatic carbocycles. The van der Waals surface area contributed by atoms with Crippen LogP contribution in [0.3, 0.4) is 0 Å². The van der Waals surface area contributed by atoms with Gasteiger partial charge in [-0.1, -0.05) is 6.92 Å². The van der Waals surface area contributed by atoms with Crippen LogP contribution in [0, 0.1) is 0 Å². The van der Waals surface area contributed by atoms with Crippen molar-refractivity contribution in [2.75, 3.05) is 6.61 Å². The molecule has 0 aliphatic carbocycles. The summed E-state index contributed by atoms with van der Waals surface area (Å²) in [6.45, 7) is 4.74. The van der Waals surface area contributed by atoms with Crippen molar-refractivity contribution in [1.29, 1.82) is 0 Å². The van der Waals surface area contributed by atoms with Crippen LogP contribution >= 0.6 is 16.3 Å². The average molecular weight is 208 g/mol. The van der Waals surface area contributed by atoms with Crippen molar-refractivity contribution >= 4 is 49.9 Å². The van der Waals surface area contributed by atoms with Gasteiger partial charge < -0.3 is 3.83 Å². The molecule has 0 atom stereocenters. The largest absolute Gasteiger partial charge is 0.308 e. The first-order valence-electron chi connectivity index (χ1n) is 2.27. The van der Waals surface area contributed by atoms with Gasteiger partial charge in [-0.2, -0.15) is 0 Å². The summed E-state index contributed by atoms with van der Waals surface area (Å²) in [6.07, 6.45) is 0. The average Bonchev–Trinajstić information content (AvgIpc) is 1.69. The van der Waals surface area contributed by atoms with Gasteiger partial charge >= 0.3 is 0 Å². The summed E-state index contributed by atoms with van der Waals surface area (Å²) >= 11 is 5.33. The van der Waals surface area contributed by atoms with Gasteiger partial charge in [0.05, 0.1) is 22.9 Å². The monoisotopic (exact) mass is 207 g/mol. The Bertz CT molecular complexity index is 21.5. The van der Waals surface area contributed by atoms with Crippen molar-refractivity contribution in [3.63, 3.8) is 0 Å². The third-order valence-corrected chi connectivity index (χ3v) is 0.567. The second-order valence-electron chi connectivity index (χ2n) is 0.806. The maximum atomic E-state index is 4.35. The molecule has 8 heavy (non-hydrogen) atoms. The molecule has 0 heterocycles. The first-order valence-corrected chi connectivity index (χ1v) is 3.73. The lowest BCUT2D eigenvalue weighted by Crippen LogP contribution is -1.63. The van der Waals surface area contributed by atoms with Gasteiger partial charge in [-0.15, -0.1) is 5.28 Å². The Morgan fingerprint density at radius 3 is 1.62 bits per heavy atom. The van der Waals surface area contributed by atoms with Gasteiger partial charge in [-0.05, 0) is 6.92 Å². The molecule has 0 amide bonds. The van der Waals surface area contributed by atoms with Gasteiger partial charge in [0, 0.05) is 17.4 Å². The molecule has 0 saturated heterocycles. The van der Waals surface area contributed by atoms with Crippen LogP contribution in [0.2, 0.25) is 5.28 Å². The molecule has 0 rings (SSSR count). The summed E-state index contributed by atoms with van der Waals surface area (Å²) in [5, 5.41) is 1.17. The fraction of sp³-hybridized carbons (Fsp3) is 1.00. The van der Waals surface area contributed by atoms with E-state index in [1.54, 1.807) is 0 Å². The molecule has 45 valence electrons. The molecule has 0 fully saturated rings. The lowest BCUT2D eigenvalue weighted by molar-refractivity contribution is 0.426. The Morgan fingerprint density at radius 2 is 1.62 bits per heavy atom. The first-order chi connectivity index (χ1) is 3.33. The molecule has 0 aromatic heterocycles. The van der Waals surface area contributed by atoms with E-state index in [4.69, 9.17) is 0 Å². The number of rotatable bonds is 1. The van der Waals surface area contributed by atoms with E-state index in [9.17, 15) is 0 Å². The van der Waals surface area contributed by atoms with Crippen molar-refractivity contribution in [2.24, 2.45) is 0 Å². The predicted molar refractivity (Wildman–Crippen MR) is 42.5 cm³/mol. The zero-order valence-corrected chi connectivity index (χ0v) is 9.25. The van der Waals surface area contributed by atoms with Gasteiger partial charge in [-0.25, -0.2) is 0 Å². The highest BCUT2D eigenvalue weighted by molar-refractivity contribution is 9.06. The second kappa shape index (κ2) is 23.6. The molecule has 0 unspecified atom stereocenters. The minimum absolute atomic E-state index is 0. The van der Waals surface area contributed by atoms with E-state index in [1.807, 2.05) is 6.92 Å². The van der Waals surface area contributed by atoms with Crippen molar-refractivity contribution in [2.45, 2.75) is 19.1 Å². The van der Waals surface area contributed by atoms with Crippen LogP contribution in [-0.2, 0) is 3.83 Å². The lowest BCUT2D eigenvalue weighted by Gasteiger charge is -1.71. The Balaban J connectivity index is -0.0000000575. The molecule has 0 aliphatic heterocycles. The Kier molecular flexibility index (Phi) is 47.9. The highest BCUT2D eigenvalue weighted by atomic mass is 79.9. The highest BCUT2D eigenvalue weighted by Crippen LogP contribution is 1.76. The van der Waals surface area contributed by atoms with Gasteiger partial charge in [0.25, 0.3) is 0 Å². The number of halogens is 1. The molecule has 0 aliphatic rings. The molecule has 1 nitrogen and oxygen atoms in total. The fourth-order valence-corrected chi connectivity index (χ4v) is 0. The zero-order chi connectivity index (χ0) is 6.12. The van der Waals surface area contributed by atoms with E-state index in [0.29, 0.717) is 0 Å². The molecule has 0 bridgehead atoms. The quantitative estimate of drug-likeness (QED) is 0.594. The lowest BCUT2D eigenvalue weighted by atomic mass is 10.9. The summed E-state index contributed by atoms with van der Waals surface area (Å²) < 4.78 is 4.35. The molecule has 0 aromatic rings. The zero-order valence-electron chi connectivity index (χ0n) is 5.36. The van der Waals surface area contributed by atoms with Crippen molar-refractivity contribution in [3.8, 4) is 0 Å². The summed E-state index contributed by atoms with van der Waals surface area (Å²) in [6, 6.07) is 0. The van der Waals surface area contributed by atoms with Gasteiger partial charge in [-0.3, -0.25) is 0 Å². The SMILES string of the molecule is CCOBr.C[CH2][Al].[Al]. The third-order valence-electron chi connectivity index (χ3n) is 0.109. The van der Waals surface area contributed by atoms with E-state index >= 15 is 0 Å². The highest BCUT2D eigenvalue weighted by Gasteiger charge is 1.55. The molecule has 5 radical (unpaired) electrons. The van der Waals surface area contributed by atoms with Gasteiger partial charge in [0.1, 0.15) is 16.3 Å². The smallest absolute Gasteiger partial charge is 0.117 e. The molecule has 0 N–H and O–H groups in total. The van der Waals surface area contributed by atoms with E-state index in [1.165, 1.54) is 5.28 Å². The van der Waals surface area contributed by atoms with Crippen LogP contribution in [-0.4, -0.2) is 40.3 Å². The minimum atomic E-state index is 0. The van der Waals surface area contributed by atoms with Gasteiger partial charge in [0.15, 0.2) is 0 Å². The summed E-state index contributed by atoms with van der Waals surface area (Å²) in [4.78, 5) is 0. The van der Waals surface area contributed by atoms with Gasteiger partial charge in [0.2, 0.25) is 0 Å². The number of hydrogen-bond donors (Lipinski definition) is 0. The normalized spacial score (nSPS) is 5.88. The van der Waals surface area contributed by atoms with E-state index in [-0.39, 0.29) is 17.4 Å². The molecule has 0 spiro atoms. The van der Waals surface area contributed by atoms with Crippen molar-refractivity contribution in [1.82, 2.24) is 0 Å². The summed E-state index contributed by atoms with van der Waals surface area (Å²) in [7, 11) is 0. The van der Waals surface area contributed by atoms with Crippen molar-refractivity contribution < 1.29 is 3.83 Å². The summed E-state index contributed by atoms with van der Waals surface area (Å²) in [5.41, 5.74) is 0. The molecular weight excluding hydrogens is 198 g/mol. The third kappa shape index (κ3) is 50.6. The Labute approximate surface area is 79.2 Å². The summed E-state index contributed by atoms with van der Waals surface area (Å²) in [5.74, 6) is 0. The topological polar surface area (TPSA) is 9.23 Å². The maximum Gasteiger partial charge on any atom is 0.117 e. The van der Waals surface area contributed by atoms with Crippen LogP contribution < -0.4 is 0 Å². The molecule has 0 saturated carbocycles. The minimum Gasteiger partial charge on any atom is -0.308 e. The van der Waals surface area contributed by atoms with Crippen LogP contribution in [0.5, 0.6) is 0 Å². The predicted octanol–water partition coefficient (Wildman–Crippen LogP) is 1.55. The van der Waals surface area contributed by atoms with E-state index in [2.05, 4.69) is 43.3 Å². The maximum absolute atomic E-state index is 4.35. The van der Waals surface area contributed by atoms with Crippen LogP contribution in [0.25, 0.3) is 0 Å². The van der Waals surface area contributed by atoms with E-state index < -0.39 is 0 Å². The second-order valence-corrected chi connectivity index (χ2v) is 2.08. The number of hydrogen-bond acceptors (Lipinski definition) is 1. The molecular formula is C4H10Al2BrO. The Morgan fingerprint density at radius 1 is 1.50 bits per heavy atom. The first kappa shape index (κ1) is 16.2. The molecule has 4 heteroatoms. The van der Waals surface area contributed by atoms with Crippen molar-refractivity contribution in [3.05, 3.63) is 0 Å². The van der Waals surface area contributed by atoms with Crippen LogP contribution in [0.15, 0.2) is 0 Å².